The quantitative estimate of drug-likeness (QED) is 0.0529. The van der Waals surface area contributed by atoms with Gasteiger partial charge in [0.1, 0.15) is 17.5 Å². The molecular weight excluding hydrogens is 1070 g/mol. The zero-order valence-electron chi connectivity index (χ0n) is 43.7. The summed E-state index contributed by atoms with van der Waals surface area (Å²) in [4.78, 5) is 81.3. The Kier molecular flexibility index (Phi) is 17.5. The van der Waals surface area contributed by atoms with Gasteiger partial charge in [0.2, 0.25) is 11.6 Å². The number of carboxylic acids is 1. The Morgan fingerprint density at radius 2 is 0.807 bits per heavy atom. The van der Waals surface area contributed by atoms with E-state index >= 15 is 0 Å². The van der Waals surface area contributed by atoms with Crippen LogP contribution in [0.5, 0.6) is 0 Å². The van der Waals surface area contributed by atoms with Crippen LogP contribution >= 0.6 is 0 Å². The standard InChI is InChI=1S/C20H15FN4O3.C20H17FN4O.C11H8FN3O2.C9H9NO2/c21-15-6-3-13(4-7-15)17-9-10-18(25(27)28)19(23-17)24-20(26)14-5-8-16(22-11-14)12-1-2-12;21-15-6-3-13(4-7-15)18-10-8-16(22)19(24-18)25-20(26)14-5-9-17(23-11-14)12-1-2-12;12-8-3-1-7(2-4-8)9-5-6-10(15(16)17)11(13)14-9;11-9(12)7-3-4-8(10-5-7)6-1-2-6/h3-12H,1-2H2,(H,23,24,26);3-12H,1-2,22H2,(H,24,25,26);1-6H,(H2,13,14);3-6H,1-2H2,(H,11,12). The molecule has 2 amide bonds. The van der Waals surface area contributed by atoms with Crippen LogP contribution in [0.2, 0.25) is 0 Å². The van der Waals surface area contributed by atoms with Gasteiger partial charge in [-0.15, -0.1) is 0 Å². The maximum absolute atomic E-state index is 13.1. The summed E-state index contributed by atoms with van der Waals surface area (Å²) in [7, 11) is 0. The molecule has 418 valence electrons. The van der Waals surface area contributed by atoms with E-state index < -0.39 is 27.5 Å². The number of nitrogen functional groups attached to an aromatic ring is 2. The number of aromatic nitrogens is 6. The molecule has 0 spiro atoms. The van der Waals surface area contributed by atoms with Crippen molar-refractivity contribution in [3.8, 4) is 33.8 Å². The fourth-order valence-corrected chi connectivity index (χ4v) is 8.06. The number of amides is 2. The fourth-order valence-electron chi connectivity index (χ4n) is 8.06. The Morgan fingerprint density at radius 1 is 0.458 bits per heavy atom. The van der Waals surface area contributed by atoms with Crippen molar-refractivity contribution in [2.45, 2.75) is 56.3 Å². The number of halogens is 3. The molecule has 0 atom stereocenters. The van der Waals surface area contributed by atoms with Gasteiger partial charge in [0, 0.05) is 82.2 Å². The highest BCUT2D eigenvalue weighted by molar-refractivity contribution is 6.05. The molecule has 0 unspecified atom stereocenters. The molecule has 6 aromatic heterocycles. The number of nitro groups is 2. The number of carbonyl (C=O) groups excluding carboxylic acids is 2. The lowest BCUT2D eigenvalue weighted by Crippen LogP contribution is -2.15. The Labute approximate surface area is 470 Å². The first-order valence-corrected chi connectivity index (χ1v) is 25.8. The molecule has 3 aromatic carbocycles. The molecule has 23 heteroatoms. The number of hydrogen-bond acceptors (Lipinski definition) is 15. The number of carbonyl (C=O) groups is 3. The minimum absolute atomic E-state index is 0.156. The normalized spacial score (nSPS) is 13.0. The second-order valence-electron chi connectivity index (χ2n) is 19.3. The van der Waals surface area contributed by atoms with Crippen LogP contribution in [0.25, 0.3) is 33.8 Å². The van der Waals surface area contributed by atoms with Crippen LogP contribution < -0.4 is 22.1 Å². The van der Waals surface area contributed by atoms with Crippen LogP contribution in [0.15, 0.2) is 164 Å². The van der Waals surface area contributed by atoms with Crippen molar-refractivity contribution in [1.82, 2.24) is 29.9 Å². The van der Waals surface area contributed by atoms with Crippen molar-refractivity contribution in [2.24, 2.45) is 0 Å². The molecule has 3 aliphatic carbocycles. The van der Waals surface area contributed by atoms with Crippen LogP contribution in [0.1, 0.15) is 104 Å². The number of nitrogens with two attached hydrogens (primary N) is 2. The minimum Gasteiger partial charge on any atom is -0.478 e. The highest BCUT2D eigenvalue weighted by atomic mass is 19.1. The van der Waals surface area contributed by atoms with Gasteiger partial charge in [0.15, 0.2) is 5.82 Å². The van der Waals surface area contributed by atoms with E-state index in [1.165, 1.54) is 110 Å². The Bertz CT molecular complexity index is 3830. The van der Waals surface area contributed by atoms with Crippen LogP contribution in [-0.4, -0.2) is 62.6 Å². The molecule has 0 bridgehead atoms. The number of benzene rings is 3. The summed E-state index contributed by atoms with van der Waals surface area (Å²) >= 11 is 0. The molecule has 0 radical (unpaired) electrons. The van der Waals surface area contributed by atoms with Crippen LogP contribution in [0, 0.1) is 37.7 Å². The second-order valence-corrected chi connectivity index (χ2v) is 19.3. The lowest BCUT2D eigenvalue weighted by Gasteiger charge is -2.10. The molecule has 12 rings (SSSR count). The third kappa shape index (κ3) is 15.3. The highest BCUT2D eigenvalue weighted by Gasteiger charge is 2.27. The molecule has 7 N–H and O–H groups in total. The maximum atomic E-state index is 13.1. The van der Waals surface area contributed by atoms with Gasteiger partial charge in [0.05, 0.1) is 49.3 Å². The first-order valence-electron chi connectivity index (χ1n) is 25.8. The third-order valence-corrected chi connectivity index (χ3v) is 13.1. The van der Waals surface area contributed by atoms with E-state index in [9.17, 15) is 47.8 Å². The molecule has 20 nitrogen and oxygen atoms in total. The summed E-state index contributed by atoms with van der Waals surface area (Å²) in [6, 6.07) is 36.5. The summed E-state index contributed by atoms with van der Waals surface area (Å²) in [5.74, 6) is -1.33. The van der Waals surface area contributed by atoms with E-state index in [1.54, 1.807) is 60.8 Å². The van der Waals surface area contributed by atoms with Crippen molar-refractivity contribution >= 4 is 52.3 Å². The first-order chi connectivity index (χ1) is 40.0. The average molecular weight is 1120 g/mol. The van der Waals surface area contributed by atoms with Gasteiger partial charge >= 0.3 is 17.3 Å². The summed E-state index contributed by atoms with van der Waals surface area (Å²) in [5.41, 5.74) is 18.6. The zero-order valence-corrected chi connectivity index (χ0v) is 43.7. The monoisotopic (exact) mass is 1120 g/mol. The fraction of sp³-hybridized carbons (Fsp3) is 0.150. The number of pyridine rings is 6. The molecule has 3 fully saturated rings. The lowest BCUT2D eigenvalue weighted by molar-refractivity contribution is -0.384. The predicted molar refractivity (Wildman–Crippen MR) is 303 cm³/mol. The van der Waals surface area contributed by atoms with E-state index in [0.717, 1.165) is 48.3 Å². The number of hydrogen-bond donors (Lipinski definition) is 5. The minimum atomic E-state index is -0.912. The molecule has 0 saturated heterocycles. The van der Waals surface area contributed by atoms with Gasteiger partial charge < -0.3 is 27.2 Å². The molecule has 9 aromatic rings. The van der Waals surface area contributed by atoms with Crippen LogP contribution in [-0.2, 0) is 0 Å². The molecule has 0 aliphatic heterocycles. The zero-order chi connectivity index (χ0) is 58.7. The van der Waals surface area contributed by atoms with Crippen molar-refractivity contribution < 1.29 is 42.5 Å². The average Bonchev–Trinajstić information content (AvgIpc) is 4.48. The Balaban J connectivity index is 0.000000139. The number of nitrogens with zero attached hydrogens (tertiary/aromatic N) is 8. The van der Waals surface area contributed by atoms with Crippen molar-refractivity contribution in [3.63, 3.8) is 0 Å². The van der Waals surface area contributed by atoms with Crippen LogP contribution in [0.4, 0.5) is 47.7 Å². The van der Waals surface area contributed by atoms with Crippen molar-refractivity contribution in [1.29, 1.82) is 0 Å². The predicted octanol–water partition coefficient (Wildman–Crippen LogP) is 12.4. The van der Waals surface area contributed by atoms with Crippen molar-refractivity contribution in [3.05, 3.63) is 236 Å². The molecule has 3 saturated carbocycles. The number of anilines is 4. The summed E-state index contributed by atoms with van der Waals surface area (Å²) in [5, 5.41) is 35.7. The molecule has 83 heavy (non-hydrogen) atoms. The van der Waals surface area contributed by atoms with Gasteiger partial charge in [-0.2, -0.15) is 0 Å². The SMILES string of the molecule is Nc1ccc(-c2ccc(F)cc2)nc1NC(=O)c1ccc(C2CC2)nc1.Nc1nc(-c2ccc(F)cc2)ccc1[N+](=O)[O-].O=C(Nc1nc(-c2ccc(F)cc2)ccc1[N+](=O)[O-])c1ccc(C2CC2)nc1.O=C(O)c1ccc(C2CC2)nc1. The molecule has 3 aliphatic rings. The van der Waals surface area contributed by atoms with E-state index in [-0.39, 0.29) is 57.5 Å². The van der Waals surface area contributed by atoms with Gasteiger partial charge in [-0.25, -0.2) is 32.9 Å². The van der Waals surface area contributed by atoms with E-state index in [1.807, 2.05) is 6.07 Å². The second kappa shape index (κ2) is 25.5. The number of nitrogens with one attached hydrogen (secondary N) is 2. The number of aromatic carboxylic acids is 1. The molecule has 6 heterocycles. The third-order valence-electron chi connectivity index (χ3n) is 13.1. The largest absolute Gasteiger partial charge is 0.478 e. The van der Waals surface area contributed by atoms with Gasteiger partial charge in [-0.05, 0) is 172 Å². The maximum Gasteiger partial charge on any atom is 0.337 e. The number of rotatable bonds is 13. The van der Waals surface area contributed by atoms with Crippen LogP contribution in [0.3, 0.4) is 0 Å². The summed E-state index contributed by atoms with van der Waals surface area (Å²) < 4.78 is 38.9. The smallest absolute Gasteiger partial charge is 0.337 e. The number of carboxylic acid groups (broad SMARTS) is 1. The molecular formula is C60H49F3N12O8. The summed E-state index contributed by atoms with van der Waals surface area (Å²) in [6.07, 6.45) is 11.4. The van der Waals surface area contributed by atoms with Gasteiger partial charge in [0.25, 0.3) is 11.8 Å². The highest BCUT2D eigenvalue weighted by Crippen LogP contribution is 2.40. The lowest BCUT2D eigenvalue weighted by atomic mass is 10.1. The van der Waals surface area contributed by atoms with E-state index in [4.69, 9.17) is 16.6 Å². The van der Waals surface area contributed by atoms with Gasteiger partial charge in [-0.1, -0.05) is 0 Å². The topological polar surface area (TPSA) is 311 Å². The van der Waals surface area contributed by atoms with E-state index in [2.05, 4.69) is 40.5 Å². The van der Waals surface area contributed by atoms with E-state index in [0.29, 0.717) is 57.2 Å². The Hall–Kier alpha value is -10.8. The van der Waals surface area contributed by atoms with Crippen molar-refractivity contribution in [2.75, 3.05) is 22.1 Å². The first kappa shape index (κ1) is 56.9. The summed E-state index contributed by atoms with van der Waals surface area (Å²) in [6.45, 7) is 0. The van der Waals surface area contributed by atoms with Gasteiger partial charge in [-0.3, -0.25) is 44.8 Å². The Morgan fingerprint density at radius 3 is 1.16 bits per heavy atom.